The average molecular weight is 284 g/mol. The molecular formula is C13H18BrNO. The van der Waals surface area contributed by atoms with Gasteiger partial charge in [0.05, 0.1) is 10.6 Å². The number of hydrogen-bond acceptors (Lipinski definition) is 2. The van der Waals surface area contributed by atoms with Crippen LogP contribution in [0.5, 0.6) is 5.75 Å². The molecule has 16 heavy (non-hydrogen) atoms. The van der Waals surface area contributed by atoms with Gasteiger partial charge in [-0.1, -0.05) is 12.1 Å². The highest BCUT2D eigenvalue weighted by atomic mass is 79.9. The molecule has 1 saturated carbocycles. The molecule has 0 atom stereocenters. The molecule has 0 aliphatic heterocycles. The summed E-state index contributed by atoms with van der Waals surface area (Å²) in [7, 11) is 0. The van der Waals surface area contributed by atoms with Gasteiger partial charge in [-0.05, 0) is 66.2 Å². The SMILES string of the molecule is NCC1CCC(Oc2ccccc2Br)CC1. The van der Waals surface area contributed by atoms with E-state index in [9.17, 15) is 0 Å². The second-order valence-corrected chi connectivity index (χ2v) is 5.28. The summed E-state index contributed by atoms with van der Waals surface area (Å²) in [5.74, 6) is 1.66. The Kier molecular flexibility index (Phi) is 4.24. The lowest BCUT2D eigenvalue weighted by molar-refractivity contribution is 0.132. The highest BCUT2D eigenvalue weighted by Crippen LogP contribution is 2.30. The van der Waals surface area contributed by atoms with Crippen LogP contribution >= 0.6 is 15.9 Å². The van der Waals surface area contributed by atoms with Gasteiger partial charge in [0, 0.05) is 0 Å². The predicted octanol–water partition coefficient (Wildman–Crippen LogP) is 3.35. The Bertz CT molecular complexity index is 334. The van der Waals surface area contributed by atoms with Crippen molar-refractivity contribution in [1.29, 1.82) is 0 Å². The van der Waals surface area contributed by atoms with Gasteiger partial charge in [0.2, 0.25) is 0 Å². The predicted molar refractivity (Wildman–Crippen MR) is 69.6 cm³/mol. The molecule has 88 valence electrons. The molecule has 1 aromatic carbocycles. The van der Waals surface area contributed by atoms with Crippen LogP contribution in [0.25, 0.3) is 0 Å². The van der Waals surface area contributed by atoms with Gasteiger partial charge in [0.25, 0.3) is 0 Å². The van der Waals surface area contributed by atoms with E-state index in [1.165, 1.54) is 12.8 Å². The van der Waals surface area contributed by atoms with Gasteiger partial charge >= 0.3 is 0 Å². The third-order valence-corrected chi connectivity index (χ3v) is 3.91. The molecule has 0 amide bonds. The van der Waals surface area contributed by atoms with E-state index in [4.69, 9.17) is 10.5 Å². The minimum Gasteiger partial charge on any atom is -0.489 e. The Labute approximate surface area is 105 Å². The molecule has 3 heteroatoms. The summed E-state index contributed by atoms with van der Waals surface area (Å²) in [6.45, 7) is 0.821. The first-order valence-corrected chi connectivity index (χ1v) is 6.70. The standard InChI is InChI=1S/C13H18BrNO/c14-12-3-1-2-4-13(12)16-11-7-5-10(9-15)6-8-11/h1-4,10-11H,5-9,15H2. The first-order chi connectivity index (χ1) is 7.79. The normalized spacial score (nSPS) is 25.4. The zero-order chi connectivity index (χ0) is 11.4. The number of nitrogens with two attached hydrogens (primary N) is 1. The molecule has 0 bridgehead atoms. The summed E-state index contributed by atoms with van der Waals surface area (Å²) in [5.41, 5.74) is 5.68. The van der Waals surface area contributed by atoms with Crippen molar-refractivity contribution in [3.63, 3.8) is 0 Å². The molecule has 2 rings (SSSR count). The summed E-state index contributed by atoms with van der Waals surface area (Å²) < 4.78 is 7.03. The highest BCUT2D eigenvalue weighted by Gasteiger charge is 2.21. The van der Waals surface area contributed by atoms with Crippen molar-refractivity contribution in [2.24, 2.45) is 11.7 Å². The van der Waals surface area contributed by atoms with Crippen molar-refractivity contribution in [1.82, 2.24) is 0 Å². The second-order valence-electron chi connectivity index (χ2n) is 4.43. The maximum Gasteiger partial charge on any atom is 0.133 e. The molecule has 2 N–H and O–H groups in total. The summed E-state index contributed by atoms with van der Waals surface area (Å²) >= 11 is 3.50. The number of benzene rings is 1. The van der Waals surface area contributed by atoms with Crippen LogP contribution in [-0.2, 0) is 0 Å². The van der Waals surface area contributed by atoms with E-state index in [0.717, 1.165) is 29.6 Å². The maximum absolute atomic E-state index is 5.99. The Morgan fingerprint density at radius 2 is 1.88 bits per heavy atom. The topological polar surface area (TPSA) is 35.2 Å². The Balaban J connectivity index is 1.89. The van der Waals surface area contributed by atoms with Gasteiger partial charge < -0.3 is 10.5 Å². The first kappa shape index (κ1) is 11.9. The van der Waals surface area contributed by atoms with Gasteiger partial charge in [-0.25, -0.2) is 0 Å². The van der Waals surface area contributed by atoms with Crippen LogP contribution in [0.1, 0.15) is 25.7 Å². The van der Waals surface area contributed by atoms with Crippen molar-refractivity contribution < 1.29 is 4.74 Å². The van der Waals surface area contributed by atoms with Gasteiger partial charge in [-0.2, -0.15) is 0 Å². The van der Waals surface area contributed by atoms with Crippen molar-refractivity contribution in [2.75, 3.05) is 6.54 Å². The lowest BCUT2D eigenvalue weighted by atomic mass is 9.87. The van der Waals surface area contributed by atoms with E-state index in [0.29, 0.717) is 12.0 Å². The Morgan fingerprint density at radius 1 is 1.19 bits per heavy atom. The first-order valence-electron chi connectivity index (χ1n) is 5.91. The van der Waals surface area contributed by atoms with Crippen LogP contribution in [0.4, 0.5) is 0 Å². The van der Waals surface area contributed by atoms with E-state index in [-0.39, 0.29) is 0 Å². The molecule has 0 aromatic heterocycles. The maximum atomic E-state index is 5.99. The summed E-state index contributed by atoms with van der Waals surface area (Å²) in [4.78, 5) is 0. The fourth-order valence-corrected chi connectivity index (χ4v) is 2.58. The molecule has 0 saturated heterocycles. The Hall–Kier alpha value is -0.540. The van der Waals surface area contributed by atoms with Crippen LogP contribution < -0.4 is 10.5 Å². The quantitative estimate of drug-likeness (QED) is 0.923. The summed E-state index contributed by atoms with van der Waals surface area (Å²) in [6.07, 6.45) is 5.02. The van der Waals surface area contributed by atoms with E-state index in [1.54, 1.807) is 0 Å². The summed E-state index contributed by atoms with van der Waals surface area (Å²) in [5, 5.41) is 0. The largest absolute Gasteiger partial charge is 0.489 e. The third-order valence-electron chi connectivity index (χ3n) is 3.26. The molecule has 1 aromatic rings. The van der Waals surface area contributed by atoms with E-state index < -0.39 is 0 Å². The van der Waals surface area contributed by atoms with Crippen LogP contribution in [0.2, 0.25) is 0 Å². The van der Waals surface area contributed by atoms with E-state index in [1.807, 2.05) is 24.3 Å². The van der Waals surface area contributed by atoms with E-state index >= 15 is 0 Å². The number of hydrogen-bond donors (Lipinski definition) is 1. The van der Waals surface area contributed by atoms with Gasteiger partial charge in [-0.3, -0.25) is 0 Å². The van der Waals surface area contributed by atoms with Crippen molar-refractivity contribution >= 4 is 15.9 Å². The minimum absolute atomic E-state index is 0.362. The third kappa shape index (κ3) is 2.98. The van der Waals surface area contributed by atoms with Gasteiger partial charge in [-0.15, -0.1) is 0 Å². The molecule has 0 radical (unpaired) electrons. The highest BCUT2D eigenvalue weighted by molar-refractivity contribution is 9.10. The zero-order valence-corrected chi connectivity index (χ0v) is 10.9. The van der Waals surface area contributed by atoms with Gasteiger partial charge in [0.15, 0.2) is 0 Å². The van der Waals surface area contributed by atoms with Crippen LogP contribution in [0.15, 0.2) is 28.7 Å². The number of halogens is 1. The molecule has 1 aliphatic carbocycles. The lowest BCUT2D eigenvalue weighted by Gasteiger charge is -2.28. The zero-order valence-electron chi connectivity index (χ0n) is 9.36. The molecule has 0 unspecified atom stereocenters. The van der Waals surface area contributed by atoms with Crippen molar-refractivity contribution in [3.8, 4) is 5.75 Å². The molecule has 1 aliphatic rings. The monoisotopic (exact) mass is 283 g/mol. The van der Waals surface area contributed by atoms with Crippen LogP contribution in [-0.4, -0.2) is 12.6 Å². The molecular weight excluding hydrogens is 266 g/mol. The van der Waals surface area contributed by atoms with Crippen LogP contribution in [0.3, 0.4) is 0 Å². The van der Waals surface area contributed by atoms with Crippen LogP contribution in [0, 0.1) is 5.92 Å². The minimum atomic E-state index is 0.362. The smallest absolute Gasteiger partial charge is 0.133 e. The number of ether oxygens (including phenoxy) is 1. The average Bonchev–Trinajstić information content (AvgIpc) is 2.33. The van der Waals surface area contributed by atoms with E-state index in [2.05, 4.69) is 15.9 Å². The molecule has 0 heterocycles. The fraction of sp³-hybridized carbons (Fsp3) is 0.538. The number of rotatable bonds is 3. The lowest BCUT2D eigenvalue weighted by Crippen LogP contribution is -2.27. The number of para-hydroxylation sites is 1. The molecule has 2 nitrogen and oxygen atoms in total. The van der Waals surface area contributed by atoms with Gasteiger partial charge in [0.1, 0.15) is 5.75 Å². The molecule has 1 fully saturated rings. The van der Waals surface area contributed by atoms with Crippen molar-refractivity contribution in [3.05, 3.63) is 28.7 Å². The second kappa shape index (κ2) is 5.69. The summed E-state index contributed by atoms with van der Waals surface area (Å²) in [6, 6.07) is 8.04. The molecule has 0 spiro atoms. The fourth-order valence-electron chi connectivity index (χ4n) is 2.21. The Morgan fingerprint density at radius 3 is 2.50 bits per heavy atom. The van der Waals surface area contributed by atoms with Crippen molar-refractivity contribution in [2.45, 2.75) is 31.8 Å².